The Kier molecular flexibility index (Phi) is 7.26. The third-order valence-electron chi connectivity index (χ3n) is 2.91. The van der Waals surface area contributed by atoms with Gasteiger partial charge in [0.05, 0.1) is 5.70 Å². The molecule has 0 saturated heterocycles. The lowest BCUT2D eigenvalue weighted by atomic mass is 9.96. The number of nitrogens with zero attached hydrogens (tertiary/aromatic N) is 1. The highest BCUT2D eigenvalue weighted by atomic mass is 14.8. The Bertz CT molecular complexity index is 409. The van der Waals surface area contributed by atoms with Gasteiger partial charge < -0.3 is 0 Å². The van der Waals surface area contributed by atoms with Gasteiger partial charge in [-0.1, -0.05) is 23.8 Å². The van der Waals surface area contributed by atoms with E-state index in [1.165, 1.54) is 22.3 Å². The summed E-state index contributed by atoms with van der Waals surface area (Å²) in [5, 5.41) is 0. The lowest BCUT2D eigenvalue weighted by Gasteiger charge is -2.13. The summed E-state index contributed by atoms with van der Waals surface area (Å²) < 4.78 is 0. The van der Waals surface area contributed by atoms with Gasteiger partial charge in [0, 0.05) is 5.71 Å². The molecule has 0 aromatic rings. The highest BCUT2D eigenvalue weighted by molar-refractivity contribution is 5.80. The van der Waals surface area contributed by atoms with Crippen molar-refractivity contribution in [2.75, 3.05) is 0 Å². The Labute approximate surface area is 113 Å². The van der Waals surface area contributed by atoms with E-state index in [1.54, 1.807) is 0 Å². The molecule has 0 aliphatic heterocycles. The van der Waals surface area contributed by atoms with Crippen molar-refractivity contribution in [2.24, 2.45) is 4.99 Å². The Morgan fingerprint density at radius 2 is 1.56 bits per heavy atom. The van der Waals surface area contributed by atoms with E-state index in [-0.39, 0.29) is 0 Å². The van der Waals surface area contributed by atoms with Crippen molar-refractivity contribution < 1.29 is 0 Å². The molecule has 0 aromatic heterocycles. The van der Waals surface area contributed by atoms with E-state index in [0.29, 0.717) is 0 Å². The van der Waals surface area contributed by atoms with Crippen molar-refractivity contribution in [3.63, 3.8) is 0 Å². The molecule has 0 amide bonds. The minimum atomic E-state index is 0.970. The molecule has 18 heavy (non-hydrogen) atoms. The van der Waals surface area contributed by atoms with Crippen LogP contribution in [0.4, 0.5) is 0 Å². The molecule has 100 valence electrons. The standard InChI is InChI=1S/C17H27N/c1-9-10-11-14(6)15(7)16(8)17(12(2)3)18-13(4)5/h9H,1,6,10-11H2,2-5,7-8H3/b16-15-. The van der Waals surface area contributed by atoms with Gasteiger partial charge in [0.1, 0.15) is 0 Å². The molecule has 0 heterocycles. The first kappa shape index (κ1) is 16.6. The molecular formula is C17H27N. The maximum Gasteiger partial charge on any atom is 0.0647 e. The normalized spacial score (nSPS) is 11.4. The summed E-state index contributed by atoms with van der Waals surface area (Å²) in [5.41, 5.74) is 7.06. The van der Waals surface area contributed by atoms with Crippen LogP contribution in [0.2, 0.25) is 0 Å². The monoisotopic (exact) mass is 245 g/mol. The second-order valence-electron chi connectivity index (χ2n) is 5.09. The average molecular weight is 245 g/mol. The van der Waals surface area contributed by atoms with E-state index >= 15 is 0 Å². The number of aliphatic imine (C=N–C) groups is 1. The molecule has 1 heteroatoms. The van der Waals surface area contributed by atoms with Gasteiger partial charge in [0.25, 0.3) is 0 Å². The summed E-state index contributed by atoms with van der Waals surface area (Å²) in [6, 6.07) is 0. The maximum absolute atomic E-state index is 4.64. The number of rotatable bonds is 6. The Balaban J connectivity index is 5.37. The summed E-state index contributed by atoms with van der Waals surface area (Å²) in [5.74, 6) is 0. The topological polar surface area (TPSA) is 12.4 Å². The van der Waals surface area contributed by atoms with Crippen LogP contribution in [0.5, 0.6) is 0 Å². The van der Waals surface area contributed by atoms with Gasteiger partial charge in [-0.05, 0) is 65.5 Å². The van der Waals surface area contributed by atoms with Crippen LogP contribution in [0.15, 0.2) is 52.2 Å². The molecule has 0 aliphatic rings. The summed E-state index contributed by atoms with van der Waals surface area (Å²) in [4.78, 5) is 4.64. The lowest BCUT2D eigenvalue weighted by molar-refractivity contribution is 0.981. The number of hydrogen-bond acceptors (Lipinski definition) is 1. The SMILES string of the molecule is C=CCCC(=C)/C(C)=C(/C)C(N=C(C)C)=C(C)C. The maximum atomic E-state index is 4.64. The van der Waals surface area contributed by atoms with Crippen molar-refractivity contribution >= 4 is 5.71 Å². The first-order valence-electron chi connectivity index (χ1n) is 6.47. The quantitative estimate of drug-likeness (QED) is 0.327. The van der Waals surface area contributed by atoms with E-state index in [9.17, 15) is 0 Å². The van der Waals surface area contributed by atoms with E-state index in [4.69, 9.17) is 0 Å². The molecule has 0 aliphatic carbocycles. The molecule has 0 fully saturated rings. The van der Waals surface area contributed by atoms with Crippen LogP contribution in [0.3, 0.4) is 0 Å². The van der Waals surface area contributed by atoms with Crippen LogP contribution in [-0.4, -0.2) is 5.71 Å². The second kappa shape index (κ2) is 7.86. The zero-order valence-electron chi connectivity index (χ0n) is 12.9. The lowest BCUT2D eigenvalue weighted by Crippen LogP contribution is -1.96. The molecule has 0 saturated carbocycles. The molecular weight excluding hydrogens is 218 g/mol. The third-order valence-corrected chi connectivity index (χ3v) is 2.91. The molecule has 0 bridgehead atoms. The third kappa shape index (κ3) is 5.31. The van der Waals surface area contributed by atoms with Crippen molar-refractivity contribution in [3.05, 3.63) is 47.2 Å². The van der Waals surface area contributed by atoms with Crippen molar-refractivity contribution in [1.82, 2.24) is 0 Å². The molecule has 0 radical (unpaired) electrons. The highest BCUT2D eigenvalue weighted by Crippen LogP contribution is 2.25. The van der Waals surface area contributed by atoms with Crippen molar-refractivity contribution in [3.8, 4) is 0 Å². The predicted molar refractivity (Wildman–Crippen MR) is 84.1 cm³/mol. The molecule has 0 N–H and O–H groups in total. The van der Waals surface area contributed by atoms with Crippen LogP contribution >= 0.6 is 0 Å². The van der Waals surface area contributed by atoms with Gasteiger partial charge in [-0.15, -0.1) is 6.58 Å². The van der Waals surface area contributed by atoms with Gasteiger partial charge in [-0.25, -0.2) is 0 Å². The van der Waals surface area contributed by atoms with Crippen LogP contribution < -0.4 is 0 Å². The first-order valence-corrected chi connectivity index (χ1v) is 6.47. The van der Waals surface area contributed by atoms with Crippen LogP contribution in [0.25, 0.3) is 0 Å². The molecule has 1 nitrogen and oxygen atoms in total. The highest BCUT2D eigenvalue weighted by Gasteiger charge is 2.07. The zero-order chi connectivity index (χ0) is 14.3. The van der Waals surface area contributed by atoms with Crippen LogP contribution in [-0.2, 0) is 0 Å². The molecule has 0 rings (SSSR count). The van der Waals surface area contributed by atoms with Gasteiger partial charge >= 0.3 is 0 Å². The Morgan fingerprint density at radius 3 is 1.94 bits per heavy atom. The Hall–Kier alpha value is -1.37. The van der Waals surface area contributed by atoms with Gasteiger partial charge in [0.2, 0.25) is 0 Å². The number of allylic oxidation sites excluding steroid dienone is 5. The first-order chi connectivity index (χ1) is 8.31. The fraction of sp³-hybridized carbons (Fsp3) is 0.471. The summed E-state index contributed by atoms with van der Waals surface area (Å²) in [6.45, 7) is 20.4. The summed E-state index contributed by atoms with van der Waals surface area (Å²) >= 11 is 0. The largest absolute Gasteiger partial charge is 0.258 e. The fourth-order valence-electron chi connectivity index (χ4n) is 1.70. The average Bonchev–Trinajstić information content (AvgIpc) is 2.30. The van der Waals surface area contributed by atoms with E-state index in [0.717, 1.165) is 24.3 Å². The van der Waals surface area contributed by atoms with E-state index in [1.807, 2.05) is 19.9 Å². The van der Waals surface area contributed by atoms with Crippen LogP contribution in [0.1, 0.15) is 54.4 Å². The molecule has 0 unspecified atom stereocenters. The predicted octanol–water partition coefficient (Wildman–Crippen LogP) is 5.62. The van der Waals surface area contributed by atoms with Gasteiger partial charge in [-0.2, -0.15) is 0 Å². The van der Waals surface area contributed by atoms with E-state index in [2.05, 4.69) is 45.8 Å². The van der Waals surface area contributed by atoms with Crippen molar-refractivity contribution in [2.45, 2.75) is 54.4 Å². The van der Waals surface area contributed by atoms with Gasteiger partial charge in [-0.3, -0.25) is 4.99 Å². The minimum Gasteiger partial charge on any atom is -0.258 e. The second-order valence-corrected chi connectivity index (χ2v) is 5.09. The van der Waals surface area contributed by atoms with Crippen molar-refractivity contribution in [1.29, 1.82) is 0 Å². The fourth-order valence-corrected chi connectivity index (χ4v) is 1.70. The minimum absolute atomic E-state index is 0.970. The van der Waals surface area contributed by atoms with E-state index < -0.39 is 0 Å². The van der Waals surface area contributed by atoms with Gasteiger partial charge in [0.15, 0.2) is 0 Å². The smallest absolute Gasteiger partial charge is 0.0647 e. The number of hydrogen-bond donors (Lipinski definition) is 0. The molecule has 0 spiro atoms. The van der Waals surface area contributed by atoms with Crippen LogP contribution in [0, 0.1) is 0 Å². The summed E-state index contributed by atoms with van der Waals surface area (Å²) in [6.07, 6.45) is 3.88. The summed E-state index contributed by atoms with van der Waals surface area (Å²) in [7, 11) is 0. The molecule has 0 aromatic carbocycles. The Morgan fingerprint density at radius 1 is 1.00 bits per heavy atom. The molecule has 0 atom stereocenters. The zero-order valence-corrected chi connectivity index (χ0v) is 12.9.